The second-order valence-electron chi connectivity index (χ2n) is 4.07. The Morgan fingerprint density at radius 3 is 2.95 bits per heavy atom. The number of aromatic nitrogens is 6. The van der Waals surface area contributed by atoms with Crippen molar-refractivity contribution < 1.29 is 4.74 Å². The average Bonchev–Trinajstić information content (AvgIpc) is 3.01. The average molecular weight is 273 g/mol. The first-order chi connectivity index (χ1) is 9.76. The van der Waals surface area contributed by atoms with E-state index in [0.29, 0.717) is 25.6 Å². The van der Waals surface area contributed by atoms with E-state index in [9.17, 15) is 0 Å². The van der Waals surface area contributed by atoms with Crippen LogP contribution in [0.2, 0.25) is 0 Å². The Labute approximate surface area is 113 Å². The highest BCUT2D eigenvalue weighted by Gasteiger charge is 2.23. The SMILES string of the molecule is N#CC1CN(c2nc(N)nc(-n3cncn3)n2)CCO1. The van der Waals surface area contributed by atoms with E-state index in [1.807, 2.05) is 4.90 Å². The summed E-state index contributed by atoms with van der Waals surface area (Å²) in [7, 11) is 0. The smallest absolute Gasteiger partial charge is 0.258 e. The van der Waals surface area contributed by atoms with Crippen molar-refractivity contribution in [3.63, 3.8) is 0 Å². The van der Waals surface area contributed by atoms with Crippen LogP contribution >= 0.6 is 0 Å². The van der Waals surface area contributed by atoms with E-state index in [-0.39, 0.29) is 11.9 Å². The zero-order valence-electron chi connectivity index (χ0n) is 10.4. The predicted molar refractivity (Wildman–Crippen MR) is 66.7 cm³/mol. The number of nitriles is 1. The molecule has 0 radical (unpaired) electrons. The van der Waals surface area contributed by atoms with Crippen molar-refractivity contribution in [1.29, 1.82) is 5.26 Å². The van der Waals surface area contributed by atoms with Gasteiger partial charge in [-0.1, -0.05) is 0 Å². The van der Waals surface area contributed by atoms with Gasteiger partial charge < -0.3 is 15.4 Å². The van der Waals surface area contributed by atoms with Gasteiger partial charge in [0.15, 0.2) is 6.10 Å². The van der Waals surface area contributed by atoms with E-state index in [1.165, 1.54) is 17.3 Å². The van der Waals surface area contributed by atoms with E-state index in [0.717, 1.165) is 0 Å². The molecule has 2 aromatic rings. The fraction of sp³-hybridized carbons (Fsp3) is 0.400. The number of rotatable bonds is 2. The maximum Gasteiger partial charge on any atom is 0.258 e. The first kappa shape index (κ1) is 12.2. The van der Waals surface area contributed by atoms with Crippen molar-refractivity contribution in [2.45, 2.75) is 6.10 Å². The first-order valence-corrected chi connectivity index (χ1v) is 5.89. The van der Waals surface area contributed by atoms with Gasteiger partial charge in [0.25, 0.3) is 5.95 Å². The third-order valence-corrected chi connectivity index (χ3v) is 2.75. The molecule has 0 saturated carbocycles. The van der Waals surface area contributed by atoms with Crippen LogP contribution in [0.4, 0.5) is 11.9 Å². The summed E-state index contributed by atoms with van der Waals surface area (Å²) in [4.78, 5) is 18.0. The van der Waals surface area contributed by atoms with E-state index in [1.54, 1.807) is 0 Å². The van der Waals surface area contributed by atoms with Crippen LogP contribution in [-0.4, -0.2) is 55.5 Å². The Morgan fingerprint density at radius 2 is 2.20 bits per heavy atom. The molecule has 1 aliphatic heterocycles. The standard InChI is InChI=1S/C10H11N9O/c11-3-7-4-18(1-2-20-7)9-15-8(12)16-10(17-9)19-6-13-5-14-19/h5-7H,1-2,4H2,(H2,12,15,16,17). The largest absolute Gasteiger partial charge is 0.368 e. The van der Waals surface area contributed by atoms with E-state index >= 15 is 0 Å². The fourth-order valence-electron chi connectivity index (χ4n) is 1.83. The molecule has 3 rings (SSSR count). The van der Waals surface area contributed by atoms with Crippen LogP contribution in [0, 0.1) is 11.3 Å². The lowest BCUT2D eigenvalue weighted by Gasteiger charge is -2.29. The fourth-order valence-corrected chi connectivity index (χ4v) is 1.83. The Kier molecular flexibility index (Phi) is 3.10. The van der Waals surface area contributed by atoms with Crippen molar-refractivity contribution in [2.75, 3.05) is 30.3 Å². The van der Waals surface area contributed by atoms with Gasteiger partial charge in [-0.2, -0.15) is 30.0 Å². The molecule has 2 N–H and O–H groups in total. The first-order valence-electron chi connectivity index (χ1n) is 5.89. The summed E-state index contributed by atoms with van der Waals surface area (Å²) in [6.07, 6.45) is 2.34. The lowest BCUT2D eigenvalue weighted by Crippen LogP contribution is -2.43. The summed E-state index contributed by atoms with van der Waals surface area (Å²) in [5, 5.41) is 12.9. The van der Waals surface area contributed by atoms with Crippen molar-refractivity contribution >= 4 is 11.9 Å². The molecule has 1 atom stereocenters. The number of anilines is 2. The molecule has 1 fully saturated rings. The number of morpholine rings is 1. The summed E-state index contributed by atoms with van der Waals surface area (Å²) in [5.41, 5.74) is 5.69. The van der Waals surface area contributed by atoms with Crippen LogP contribution in [-0.2, 0) is 4.74 Å². The molecule has 1 aliphatic rings. The van der Waals surface area contributed by atoms with Gasteiger partial charge in [-0.15, -0.1) is 0 Å². The maximum atomic E-state index is 8.91. The zero-order chi connectivity index (χ0) is 13.9. The van der Waals surface area contributed by atoms with Crippen LogP contribution in [0.25, 0.3) is 5.95 Å². The van der Waals surface area contributed by atoms with Gasteiger partial charge >= 0.3 is 0 Å². The zero-order valence-corrected chi connectivity index (χ0v) is 10.4. The van der Waals surface area contributed by atoms with Gasteiger partial charge in [0.2, 0.25) is 11.9 Å². The van der Waals surface area contributed by atoms with Crippen molar-refractivity contribution in [3.05, 3.63) is 12.7 Å². The molecule has 0 aromatic carbocycles. The van der Waals surface area contributed by atoms with Crippen LogP contribution in [0.15, 0.2) is 12.7 Å². The van der Waals surface area contributed by atoms with Gasteiger partial charge in [-0.3, -0.25) is 0 Å². The Balaban J connectivity index is 1.92. The molecular weight excluding hydrogens is 262 g/mol. The highest BCUT2D eigenvalue weighted by molar-refractivity contribution is 5.38. The summed E-state index contributed by atoms with van der Waals surface area (Å²) in [6.45, 7) is 1.40. The van der Waals surface area contributed by atoms with Crippen molar-refractivity contribution in [1.82, 2.24) is 29.7 Å². The molecule has 0 aliphatic carbocycles. The Morgan fingerprint density at radius 1 is 1.35 bits per heavy atom. The molecule has 1 saturated heterocycles. The molecule has 102 valence electrons. The van der Waals surface area contributed by atoms with Gasteiger partial charge in [0.05, 0.1) is 19.2 Å². The minimum Gasteiger partial charge on any atom is -0.368 e. The summed E-state index contributed by atoms with van der Waals surface area (Å²) >= 11 is 0. The summed E-state index contributed by atoms with van der Waals surface area (Å²) < 4.78 is 6.67. The van der Waals surface area contributed by atoms with E-state index in [4.69, 9.17) is 15.7 Å². The quantitative estimate of drug-likeness (QED) is 0.713. The minimum absolute atomic E-state index is 0.0838. The van der Waals surface area contributed by atoms with Crippen LogP contribution in [0.3, 0.4) is 0 Å². The summed E-state index contributed by atoms with van der Waals surface area (Å²) in [5.74, 6) is 0.761. The number of nitrogens with two attached hydrogens (primary N) is 1. The molecule has 0 spiro atoms. The van der Waals surface area contributed by atoms with E-state index in [2.05, 4.69) is 31.1 Å². The molecule has 0 bridgehead atoms. The number of ether oxygens (including phenoxy) is 1. The lowest BCUT2D eigenvalue weighted by atomic mass is 10.3. The molecule has 3 heterocycles. The maximum absolute atomic E-state index is 8.91. The number of nitrogen functional groups attached to an aromatic ring is 1. The topological polar surface area (TPSA) is 132 Å². The molecule has 1 unspecified atom stereocenters. The van der Waals surface area contributed by atoms with Crippen LogP contribution < -0.4 is 10.6 Å². The molecule has 10 heteroatoms. The van der Waals surface area contributed by atoms with E-state index < -0.39 is 6.10 Å². The van der Waals surface area contributed by atoms with Crippen LogP contribution in [0.5, 0.6) is 0 Å². The third kappa shape index (κ3) is 2.34. The third-order valence-electron chi connectivity index (χ3n) is 2.75. The predicted octanol–water partition coefficient (Wildman–Crippen LogP) is -1.24. The number of nitrogens with zero attached hydrogens (tertiary/aromatic N) is 8. The van der Waals surface area contributed by atoms with Gasteiger partial charge in [0, 0.05) is 6.54 Å². The number of hydrogen-bond acceptors (Lipinski definition) is 9. The van der Waals surface area contributed by atoms with Crippen molar-refractivity contribution in [3.8, 4) is 12.0 Å². The second-order valence-corrected chi connectivity index (χ2v) is 4.07. The van der Waals surface area contributed by atoms with Gasteiger partial charge in [0.1, 0.15) is 12.7 Å². The van der Waals surface area contributed by atoms with Crippen molar-refractivity contribution in [2.24, 2.45) is 0 Å². The van der Waals surface area contributed by atoms with Gasteiger partial charge in [-0.25, -0.2) is 4.98 Å². The Hall–Kier alpha value is -2.80. The molecule has 0 amide bonds. The van der Waals surface area contributed by atoms with Crippen LogP contribution in [0.1, 0.15) is 0 Å². The normalized spacial score (nSPS) is 18.8. The minimum atomic E-state index is -0.503. The second kappa shape index (κ2) is 5.06. The lowest BCUT2D eigenvalue weighted by molar-refractivity contribution is 0.0758. The monoisotopic (exact) mass is 273 g/mol. The molecule has 2 aromatic heterocycles. The summed E-state index contributed by atoms with van der Waals surface area (Å²) in [6, 6.07) is 2.07. The highest BCUT2D eigenvalue weighted by Crippen LogP contribution is 2.14. The molecule has 20 heavy (non-hydrogen) atoms. The van der Waals surface area contributed by atoms with Gasteiger partial charge in [-0.05, 0) is 0 Å². The number of hydrogen-bond donors (Lipinski definition) is 1. The highest BCUT2D eigenvalue weighted by atomic mass is 16.5. The Bertz CT molecular complexity index is 635. The molecule has 10 nitrogen and oxygen atoms in total. The molecular formula is C10H11N9O.